The summed E-state index contributed by atoms with van der Waals surface area (Å²) in [5.41, 5.74) is 0. The topological polar surface area (TPSA) is 44.4 Å². The summed E-state index contributed by atoms with van der Waals surface area (Å²) in [4.78, 5) is 14.5. The molecule has 0 aromatic rings. The highest BCUT2D eigenvalue weighted by Gasteiger charge is 2.27. The summed E-state index contributed by atoms with van der Waals surface area (Å²) < 4.78 is 0. The molecule has 2 fully saturated rings. The molecule has 2 saturated heterocycles. The van der Waals surface area contributed by atoms with Crippen molar-refractivity contribution in [3.63, 3.8) is 0 Å². The van der Waals surface area contributed by atoms with Crippen molar-refractivity contribution in [2.75, 3.05) is 33.2 Å². The molecular weight excluding hydrogens is 226 g/mol. The van der Waals surface area contributed by atoms with Crippen molar-refractivity contribution in [3.8, 4) is 0 Å². The van der Waals surface area contributed by atoms with Crippen LogP contribution in [0.25, 0.3) is 0 Å². The van der Waals surface area contributed by atoms with Crippen LogP contribution < -0.4 is 10.6 Å². The summed E-state index contributed by atoms with van der Waals surface area (Å²) in [6, 6.07) is 0.0324. The van der Waals surface area contributed by atoms with Gasteiger partial charge in [0.05, 0.1) is 6.04 Å². The summed E-state index contributed by atoms with van der Waals surface area (Å²) in [5.74, 6) is 1.35. The number of nitrogens with one attached hydrogen (secondary N) is 2. The van der Waals surface area contributed by atoms with E-state index in [1.165, 1.54) is 38.8 Å². The van der Waals surface area contributed by atoms with E-state index < -0.39 is 0 Å². The smallest absolute Gasteiger partial charge is 0.237 e. The molecule has 2 unspecified atom stereocenters. The molecule has 2 N–H and O–H groups in total. The minimum absolute atomic E-state index is 0.0324. The molecule has 104 valence electrons. The Balaban J connectivity index is 1.71. The fraction of sp³-hybridized carbons (Fsp3) is 0.929. The molecule has 2 atom stereocenters. The second-order valence-corrected chi connectivity index (χ2v) is 6.04. The van der Waals surface area contributed by atoms with Gasteiger partial charge in [-0.3, -0.25) is 4.79 Å². The molecule has 4 nitrogen and oxygen atoms in total. The summed E-state index contributed by atoms with van der Waals surface area (Å²) >= 11 is 0. The first-order valence-electron chi connectivity index (χ1n) is 7.36. The first-order chi connectivity index (χ1) is 8.66. The van der Waals surface area contributed by atoms with Crippen LogP contribution in [-0.4, -0.2) is 50.1 Å². The zero-order chi connectivity index (χ0) is 13.0. The van der Waals surface area contributed by atoms with Crippen molar-refractivity contribution >= 4 is 5.91 Å². The molecular formula is C14H27N3O. The highest BCUT2D eigenvalue weighted by atomic mass is 16.2. The highest BCUT2D eigenvalue weighted by molar-refractivity contribution is 5.82. The van der Waals surface area contributed by atoms with Crippen molar-refractivity contribution < 1.29 is 4.79 Å². The lowest BCUT2D eigenvalue weighted by atomic mass is 9.91. The van der Waals surface area contributed by atoms with E-state index in [1.54, 1.807) is 0 Å². The Bertz CT molecular complexity index is 274. The third-order valence-electron chi connectivity index (χ3n) is 4.46. The third-order valence-corrected chi connectivity index (χ3v) is 4.46. The van der Waals surface area contributed by atoms with Gasteiger partial charge in [0.2, 0.25) is 5.91 Å². The number of hydrogen-bond donors (Lipinski definition) is 2. The quantitative estimate of drug-likeness (QED) is 0.783. The number of likely N-dealkylation sites (tertiary alicyclic amines) is 1. The summed E-state index contributed by atoms with van der Waals surface area (Å²) in [7, 11) is 2.17. The van der Waals surface area contributed by atoms with E-state index in [2.05, 4.69) is 29.5 Å². The van der Waals surface area contributed by atoms with Crippen LogP contribution in [-0.2, 0) is 4.79 Å². The van der Waals surface area contributed by atoms with Crippen molar-refractivity contribution in [1.29, 1.82) is 0 Å². The van der Waals surface area contributed by atoms with Crippen LogP contribution in [0.4, 0.5) is 0 Å². The summed E-state index contributed by atoms with van der Waals surface area (Å²) in [6.07, 6.45) is 4.79. The molecule has 0 aromatic heterocycles. The van der Waals surface area contributed by atoms with Crippen LogP contribution in [0.2, 0.25) is 0 Å². The van der Waals surface area contributed by atoms with E-state index in [1.807, 2.05) is 0 Å². The zero-order valence-corrected chi connectivity index (χ0v) is 11.7. The average molecular weight is 253 g/mol. The molecule has 0 bridgehead atoms. The van der Waals surface area contributed by atoms with Crippen LogP contribution in [0.3, 0.4) is 0 Å². The Morgan fingerprint density at radius 2 is 2.06 bits per heavy atom. The molecule has 0 radical (unpaired) electrons. The maximum absolute atomic E-state index is 12.1. The number of piperidine rings is 2. The van der Waals surface area contributed by atoms with E-state index in [0.29, 0.717) is 11.8 Å². The molecule has 4 heteroatoms. The standard InChI is InChI=1S/C14H27N3O/c1-11-4-3-7-15-13(11)14(18)16-10-12-5-8-17(2)9-6-12/h11-13,15H,3-10H2,1-2H3,(H,16,18). The fourth-order valence-corrected chi connectivity index (χ4v) is 3.02. The maximum Gasteiger partial charge on any atom is 0.237 e. The molecule has 0 aromatic carbocycles. The third kappa shape index (κ3) is 3.69. The number of amides is 1. The van der Waals surface area contributed by atoms with E-state index in [-0.39, 0.29) is 11.9 Å². The normalized spacial score (nSPS) is 31.2. The van der Waals surface area contributed by atoms with Gasteiger partial charge in [-0.05, 0) is 64.2 Å². The predicted octanol–water partition coefficient (Wildman–Crippen LogP) is 0.833. The van der Waals surface area contributed by atoms with Crippen molar-refractivity contribution in [2.45, 2.75) is 38.6 Å². The molecule has 18 heavy (non-hydrogen) atoms. The molecule has 0 spiro atoms. The van der Waals surface area contributed by atoms with Gasteiger partial charge in [0.25, 0.3) is 0 Å². The zero-order valence-electron chi connectivity index (χ0n) is 11.7. The molecule has 2 aliphatic heterocycles. The van der Waals surface area contributed by atoms with Crippen LogP contribution in [0.15, 0.2) is 0 Å². The van der Waals surface area contributed by atoms with Crippen LogP contribution >= 0.6 is 0 Å². The van der Waals surface area contributed by atoms with E-state index in [0.717, 1.165) is 13.1 Å². The molecule has 0 aliphatic carbocycles. The Morgan fingerprint density at radius 3 is 2.72 bits per heavy atom. The first kappa shape index (κ1) is 13.8. The minimum atomic E-state index is 0.0324. The second-order valence-electron chi connectivity index (χ2n) is 6.04. The summed E-state index contributed by atoms with van der Waals surface area (Å²) in [6.45, 7) is 6.34. The predicted molar refractivity (Wildman–Crippen MR) is 73.4 cm³/mol. The lowest BCUT2D eigenvalue weighted by Gasteiger charge is -2.31. The number of carbonyl (C=O) groups is 1. The number of nitrogens with zero attached hydrogens (tertiary/aromatic N) is 1. The monoisotopic (exact) mass is 253 g/mol. The first-order valence-corrected chi connectivity index (χ1v) is 7.36. The van der Waals surface area contributed by atoms with Crippen molar-refractivity contribution in [2.24, 2.45) is 11.8 Å². The average Bonchev–Trinajstić information content (AvgIpc) is 2.38. The van der Waals surface area contributed by atoms with E-state index >= 15 is 0 Å². The van der Waals surface area contributed by atoms with Gasteiger partial charge in [-0.15, -0.1) is 0 Å². The Kier molecular flexibility index (Phi) is 5.01. The second kappa shape index (κ2) is 6.53. The molecule has 2 aliphatic rings. The van der Waals surface area contributed by atoms with Gasteiger partial charge in [-0.1, -0.05) is 6.92 Å². The van der Waals surface area contributed by atoms with Gasteiger partial charge in [-0.25, -0.2) is 0 Å². The number of hydrogen-bond acceptors (Lipinski definition) is 3. The van der Waals surface area contributed by atoms with E-state index in [4.69, 9.17) is 0 Å². The van der Waals surface area contributed by atoms with Crippen LogP contribution in [0.5, 0.6) is 0 Å². The van der Waals surface area contributed by atoms with Gasteiger partial charge in [0.15, 0.2) is 0 Å². The van der Waals surface area contributed by atoms with Crippen LogP contribution in [0.1, 0.15) is 32.6 Å². The largest absolute Gasteiger partial charge is 0.354 e. The Morgan fingerprint density at radius 1 is 1.33 bits per heavy atom. The lowest BCUT2D eigenvalue weighted by Crippen LogP contribution is -2.51. The van der Waals surface area contributed by atoms with Gasteiger partial charge in [0.1, 0.15) is 0 Å². The van der Waals surface area contributed by atoms with Gasteiger partial charge < -0.3 is 15.5 Å². The van der Waals surface area contributed by atoms with Gasteiger partial charge in [0, 0.05) is 6.54 Å². The Hall–Kier alpha value is -0.610. The Labute approximate surface area is 110 Å². The van der Waals surface area contributed by atoms with Crippen molar-refractivity contribution in [3.05, 3.63) is 0 Å². The molecule has 2 heterocycles. The van der Waals surface area contributed by atoms with Gasteiger partial charge in [-0.2, -0.15) is 0 Å². The number of carbonyl (C=O) groups excluding carboxylic acids is 1. The molecule has 2 rings (SSSR count). The molecule has 0 saturated carbocycles. The van der Waals surface area contributed by atoms with Crippen molar-refractivity contribution in [1.82, 2.24) is 15.5 Å². The van der Waals surface area contributed by atoms with Gasteiger partial charge >= 0.3 is 0 Å². The van der Waals surface area contributed by atoms with E-state index in [9.17, 15) is 4.79 Å². The van der Waals surface area contributed by atoms with Crippen LogP contribution in [0, 0.1) is 11.8 Å². The fourth-order valence-electron chi connectivity index (χ4n) is 3.02. The lowest BCUT2D eigenvalue weighted by molar-refractivity contribution is -0.125. The number of rotatable bonds is 3. The molecule has 1 amide bonds. The highest BCUT2D eigenvalue weighted by Crippen LogP contribution is 2.17. The summed E-state index contributed by atoms with van der Waals surface area (Å²) in [5, 5.41) is 6.49. The minimum Gasteiger partial charge on any atom is -0.354 e. The SMILES string of the molecule is CC1CCCNC1C(=O)NCC1CCN(C)CC1. The maximum atomic E-state index is 12.1.